The van der Waals surface area contributed by atoms with E-state index in [-0.39, 0.29) is 10.7 Å². The number of aromatic nitrogens is 2. The van der Waals surface area contributed by atoms with Gasteiger partial charge in [0.25, 0.3) is 10.7 Å². The molecular weight excluding hydrogens is 336 g/mol. The van der Waals surface area contributed by atoms with Crippen molar-refractivity contribution in [2.45, 2.75) is 20.0 Å². The normalized spacial score (nSPS) is 12.1. The van der Waals surface area contributed by atoms with Gasteiger partial charge in [-0.3, -0.25) is 4.79 Å². The number of benzene rings is 1. The van der Waals surface area contributed by atoms with Crippen LogP contribution >= 0.6 is 23.8 Å². The third kappa shape index (κ3) is 5.16. The largest absolute Gasteiger partial charge is 0.409 e. The number of rotatable bonds is 7. The quantitative estimate of drug-likeness (QED) is 0.739. The summed E-state index contributed by atoms with van der Waals surface area (Å²) >= 11 is 11.2. The Balaban J connectivity index is 2.04. The van der Waals surface area contributed by atoms with E-state index in [1.54, 1.807) is 16.8 Å². The van der Waals surface area contributed by atoms with Crippen molar-refractivity contribution in [1.82, 2.24) is 15.1 Å². The predicted molar refractivity (Wildman–Crippen MR) is 90.8 cm³/mol. The van der Waals surface area contributed by atoms with E-state index in [0.29, 0.717) is 30.7 Å². The van der Waals surface area contributed by atoms with E-state index in [0.717, 1.165) is 16.9 Å². The van der Waals surface area contributed by atoms with Gasteiger partial charge in [-0.15, -0.1) is 5.10 Å². The zero-order chi connectivity index (χ0) is 16.8. The molecule has 1 aromatic heterocycles. The van der Waals surface area contributed by atoms with E-state index >= 15 is 0 Å². The van der Waals surface area contributed by atoms with Crippen LogP contribution in [-0.2, 0) is 11.5 Å². The molecular formula is C15H20ClN4O2S+. The predicted octanol–water partition coefficient (Wildman–Crippen LogP) is 1.52. The minimum absolute atomic E-state index is 0.00873. The average Bonchev–Trinajstić information content (AvgIpc) is 2.86. The SMILES string of the molecule is CCCNC(=O)C[NH+](C)Cn1nc(-c2cccc(Cl)c2)oc1=S. The van der Waals surface area contributed by atoms with Crippen LogP contribution in [-0.4, -0.2) is 35.8 Å². The van der Waals surface area contributed by atoms with Crippen LogP contribution in [0.15, 0.2) is 28.7 Å². The monoisotopic (exact) mass is 355 g/mol. The number of carbonyl (C=O) groups excluding carboxylic acids is 1. The first-order valence-corrected chi connectivity index (χ1v) is 8.20. The van der Waals surface area contributed by atoms with Gasteiger partial charge in [0.05, 0.1) is 7.05 Å². The molecule has 2 rings (SSSR count). The molecule has 23 heavy (non-hydrogen) atoms. The van der Waals surface area contributed by atoms with Crippen LogP contribution < -0.4 is 10.2 Å². The molecule has 0 aliphatic rings. The Labute approximate surface area is 145 Å². The van der Waals surface area contributed by atoms with E-state index in [1.165, 1.54) is 0 Å². The van der Waals surface area contributed by atoms with E-state index < -0.39 is 0 Å². The number of nitrogens with zero attached hydrogens (tertiary/aromatic N) is 2. The molecule has 0 fully saturated rings. The third-order valence-electron chi connectivity index (χ3n) is 3.13. The fourth-order valence-corrected chi connectivity index (χ4v) is 2.43. The Hall–Kier alpha value is -1.70. The van der Waals surface area contributed by atoms with Gasteiger partial charge in [-0.1, -0.05) is 24.6 Å². The van der Waals surface area contributed by atoms with Crippen molar-refractivity contribution in [3.63, 3.8) is 0 Å². The zero-order valence-electron chi connectivity index (χ0n) is 13.1. The molecule has 0 aliphatic carbocycles. The molecule has 1 heterocycles. The highest BCUT2D eigenvalue weighted by Gasteiger charge is 2.14. The highest BCUT2D eigenvalue weighted by molar-refractivity contribution is 7.71. The number of amides is 1. The van der Waals surface area contributed by atoms with E-state index in [2.05, 4.69) is 10.4 Å². The van der Waals surface area contributed by atoms with Gasteiger partial charge in [-0.05, 0) is 36.8 Å². The summed E-state index contributed by atoms with van der Waals surface area (Å²) in [5, 5.41) is 7.82. The lowest BCUT2D eigenvalue weighted by Gasteiger charge is -2.12. The second kappa shape index (κ2) is 8.24. The maximum atomic E-state index is 11.7. The molecule has 2 N–H and O–H groups in total. The molecule has 0 aliphatic heterocycles. The Bertz CT molecular complexity index is 728. The first-order chi connectivity index (χ1) is 11.0. The van der Waals surface area contributed by atoms with Gasteiger partial charge in [-0.2, -0.15) is 4.68 Å². The lowest BCUT2D eigenvalue weighted by Crippen LogP contribution is -3.09. The molecule has 0 bridgehead atoms. The number of hydrogen-bond acceptors (Lipinski definition) is 4. The number of nitrogens with one attached hydrogen (secondary N) is 2. The van der Waals surface area contributed by atoms with Gasteiger partial charge >= 0.3 is 0 Å². The number of halogens is 1. The van der Waals surface area contributed by atoms with Crippen LogP contribution in [0.25, 0.3) is 11.5 Å². The fourth-order valence-electron chi connectivity index (χ4n) is 2.06. The molecule has 0 saturated carbocycles. The van der Waals surface area contributed by atoms with Gasteiger partial charge in [0.15, 0.2) is 13.2 Å². The van der Waals surface area contributed by atoms with E-state index in [4.69, 9.17) is 28.2 Å². The highest BCUT2D eigenvalue weighted by atomic mass is 35.5. The second-order valence-corrected chi connectivity index (χ2v) is 6.11. The fraction of sp³-hybridized carbons (Fsp3) is 0.400. The highest BCUT2D eigenvalue weighted by Crippen LogP contribution is 2.21. The minimum atomic E-state index is 0.00873. The number of hydrogen-bond donors (Lipinski definition) is 2. The van der Waals surface area contributed by atoms with Gasteiger partial charge in [-0.25, -0.2) is 0 Å². The van der Waals surface area contributed by atoms with Crippen molar-refractivity contribution >= 4 is 29.7 Å². The maximum absolute atomic E-state index is 11.7. The van der Waals surface area contributed by atoms with Crippen molar-refractivity contribution in [1.29, 1.82) is 0 Å². The van der Waals surface area contributed by atoms with Gasteiger partial charge in [0.2, 0.25) is 5.89 Å². The molecule has 1 unspecified atom stereocenters. The molecule has 1 aromatic carbocycles. The lowest BCUT2D eigenvalue weighted by molar-refractivity contribution is -0.895. The van der Waals surface area contributed by atoms with Gasteiger partial charge in [0.1, 0.15) is 0 Å². The van der Waals surface area contributed by atoms with Crippen molar-refractivity contribution < 1.29 is 14.1 Å². The van der Waals surface area contributed by atoms with Crippen molar-refractivity contribution in [3.8, 4) is 11.5 Å². The van der Waals surface area contributed by atoms with Crippen molar-refractivity contribution in [2.24, 2.45) is 0 Å². The van der Waals surface area contributed by atoms with E-state index in [9.17, 15) is 4.79 Å². The summed E-state index contributed by atoms with van der Waals surface area (Å²) in [6.45, 7) is 3.50. The Morgan fingerprint density at radius 3 is 3.00 bits per heavy atom. The summed E-state index contributed by atoms with van der Waals surface area (Å²) in [6.07, 6.45) is 0.919. The Morgan fingerprint density at radius 2 is 2.30 bits per heavy atom. The number of carbonyl (C=O) groups is 1. The third-order valence-corrected chi connectivity index (χ3v) is 3.66. The van der Waals surface area contributed by atoms with Crippen LogP contribution in [0.2, 0.25) is 5.02 Å². The molecule has 0 saturated heterocycles. The van der Waals surface area contributed by atoms with Crippen LogP contribution in [0, 0.1) is 4.84 Å². The molecule has 0 spiro atoms. The first-order valence-electron chi connectivity index (χ1n) is 7.41. The summed E-state index contributed by atoms with van der Waals surface area (Å²) in [5.74, 6) is 0.426. The topological polar surface area (TPSA) is 64.5 Å². The van der Waals surface area contributed by atoms with Gasteiger partial charge < -0.3 is 14.6 Å². The summed E-state index contributed by atoms with van der Waals surface area (Å²) in [4.78, 5) is 13.0. The lowest BCUT2D eigenvalue weighted by atomic mass is 10.2. The molecule has 2 aromatic rings. The van der Waals surface area contributed by atoms with Crippen LogP contribution in [0.5, 0.6) is 0 Å². The maximum Gasteiger partial charge on any atom is 0.292 e. The second-order valence-electron chi connectivity index (χ2n) is 5.32. The summed E-state index contributed by atoms with van der Waals surface area (Å²) < 4.78 is 7.10. The number of quaternary nitrogens is 1. The van der Waals surface area contributed by atoms with Gasteiger partial charge in [0, 0.05) is 17.1 Å². The molecule has 8 heteroatoms. The van der Waals surface area contributed by atoms with Crippen molar-refractivity contribution in [3.05, 3.63) is 34.1 Å². The van der Waals surface area contributed by atoms with Crippen LogP contribution in [0.3, 0.4) is 0 Å². The van der Waals surface area contributed by atoms with Crippen LogP contribution in [0.4, 0.5) is 0 Å². The molecule has 124 valence electrons. The average molecular weight is 356 g/mol. The molecule has 0 radical (unpaired) electrons. The smallest absolute Gasteiger partial charge is 0.292 e. The number of likely N-dealkylation sites (N-methyl/N-ethyl adjacent to an activating group) is 1. The summed E-state index contributed by atoms with van der Waals surface area (Å²) in [5.41, 5.74) is 0.765. The Kier molecular flexibility index (Phi) is 6.32. The standard InChI is InChI=1S/C15H19ClN4O2S/c1-3-7-17-13(21)9-19(2)10-20-15(23)22-14(18-20)11-5-4-6-12(16)8-11/h4-6,8H,3,7,9-10H2,1-2H3,(H,17,21)/p+1. The summed E-state index contributed by atoms with van der Waals surface area (Å²) in [6, 6.07) is 7.22. The van der Waals surface area contributed by atoms with Crippen molar-refractivity contribution in [2.75, 3.05) is 20.1 Å². The van der Waals surface area contributed by atoms with E-state index in [1.807, 2.05) is 26.1 Å². The zero-order valence-corrected chi connectivity index (χ0v) is 14.7. The molecule has 1 atom stereocenters. The van der Waals surface area contributed by atoms with Crippen LogP contribution in [0.1, 0.15) is 13.3 Å². The minimum Gasteiger partial charge on any atom is -0.409 e. The first kappa shape index (κ1) is 17.7. The Morgan fingerprint density at radius 1 is 1.52 bits per heavy atom. The summed E-state index contributed by atoms with van der Waals surface area (Å²) in [7, 11) is 1.90. The molecule has 1 amide bonds. The molecule has 6 nitrogen and oxygen atoms in total.